The largest absolute Gasteiger partial charge is 0.573 e. The van der Waals surface area contributed by atoms with Crippen molar-refractivity contribution in [2.24, 2.45) is 0 Å². The molecule has 0 amide bonds. The molecule has 1 aromatic carbocycles. The van der Waals surface area contributed by atoms with Crippen molar-refractivity contribution in [3.05, 3.63) is 23.0 Å². The van der Waals surface area contributed by atoms with Crippen molar-refractivity contribution in [1.29, 1.82) is 5.41 Å². The molecular weight excluding hydrogens is 389 g/mol. The molecule has 1 aromatic heterocycles. The summed E-state index contributed by atoms with van der Waals surface area (Å²) >= 11 is 0.970. The van der Waals surface area contributed by atoms with E-state index in [1.807, 2.05) is 0 Å². The highest BCUT2D eigenvalue weighted by molar-refractivity contribution is 7.91. The van der Waals surface area contributed by atoms with Gasteiger partial charge in [-0.1, -0.05) is 18.3 Å². The van der Waals surface area contributed by atoms with Crippen molar-refractivity contribution in [2.45, 2.75) is 26.3 Å². The highest BCUT2D eigenvalue weighted by Gasteiger charge is 2.31. The Hall–Kier alpha value is -1.26. The molecule has 0 aliphatic heterocycles. The SMILES string of the molecule is CCCS(=O)(=O)CCn1c(=N)sc2cc(OC(F)(F)F)ccc21.Cl. The lowest BCUT2D eigenvalue weighted by Crippen LogP contribution is -2.21. The Kier molecular flexibility index (Phi) is 6.71. The lowest BCUT2D eigenvalue weighted by molar-refractivity contribution is -0.274. The fourth-order valence-corrected chi connectivity index (χ4v) is 4.38. The van der Waals surface area contributed by atoms with Crippen LogP contribution in [0.3, 0.4) is 0 Å². The molecule has 24 heavy (non-hydrogen) atoms. The van der Waals surface area contributed by atoms with Crippen LogP contribution in [0, 0.1) is 5.41 Å². The molecule has 1 heterocycles. The lowest BCUT2D eigenvalue weighted by Gasteiger charge is -2.09. The maximum absolute atomic E-state index is 12.2. The fourth-order valence-electron chi connectivity index (χ4n) is 2.13. The fraction of sp³-hybridized carbons (Fsp3) is 0.462. The lowest BCUT2D eigenvalue weighted by atomic mass is 10.3. The van der Waals surface area contributed by atoms with Crippen LogP contribution in [0.5, 0.6) is 5.75 Å². The molecule has 0 fully saturated rings. The Morgan fingerprint density at radius 3 is 2.54 bits per heavy atom. The van der Waals surface area contributed by atoms with Gasteiger partial charge in [-0.05, 0) is 24.6 Å². The van der Waals surface area contributed by atoms with E-state index in [-0.39, 0.29) is 41.0 Å². The summed E-state index contributed by atoms with van der Waals surface area (Å²) in [5.74, 6) is -0.395. The Morgan fingerprint density at radius 2 is 1.96 bits per heavy atom. The normalized spacial score (nSPS) is 12.2. The highest BCUT2D eigenvalue weighted by Crippen LogP contribution is 2.27. The number of aromatic nitrogens is 1. The van der Waals surface area contributed by atoms with Gasteiger partial charge in [0.1, 0.15) is 5.75 Å². The predicted molar refractivity (Wildman–Crippen MR) is 88.5 cm³/mol. The minimum Gasteiger partial charge on any atom is -0.406 e. The molecule has 0 spiro atoms. The first kappa shape index (κ1) is 20.8. The van der Waals surface area contributed by atoms with Crippen LogP contribution >= 0.6 is 23.7 Å². The van der Waals surface area contributed by atoms with Crippen LogP contribution in [0.15, 0.2) is 18.2 Å². The first-order chi connectivity index (χ1) is 10.6. The van der Waals surface area contributed by atoms with Crippen molar-refractivity contribution in [3.8, 4) is 5.75 Å². The van der Waals surface area contributed by atoms with Gasteiger partial charge in [-0.2, -0.15) is 0 Å². The van der Waals surface area contributed by atoms with E-state index in [1.54, 1.807) is 6.92 Å². The minimum atomic E-state index is -4.78. The molecule has 136 valence electrons. The van der Waals surface area contributed by atoms with Crippen molar-refractivity contribution < 1.29 is 26.3 Å². The summed E-state index contributed by atoms with van der Waals surface area (Å²) in [7, 11) is -3.20. The van der Waals surface area contributed by atoms with Gasteiger partial charge in [-0.25, -0.2) is 8.42 Å². The van der Waals surface area contributed by atoms with Gasteiger partial charge in [0.15, 0.2) is 14.6 Å². The highest BCUT2D eigenvalue weighted by atomic mass is 35.5. The maximum atomic E-state index is 12.2. The zero-order valence-corrected chi connectivity index (χ0v) is 15.0. The zero-order valence-electron chi connectivity index (χ0n) is 12.6. The van der Waals surface area contributed by atoms with Crippen LogP contribution in [0.2, 0.25) is 0 Å². The molecule has 0 aliphatic carbocycles. The third kappa shape index (κ3) is 5.38. The van der Waals surface area contributed by atoms with Gasteiger partial charge in [-0.3, -0.25) is 5.41 Å². The number of halogens is 4. The number of fused-ring (bicyclic) bond motifs is 1. The second kappa shape index (κ2) is 7.75. The molecule has 0 saturated heterocycles. The zero-order chi connectivity index (χ0) is 17.3. The van der Waals surface area contributed by atoms with E-state index in [0.29, 0.717) is 16.6 Å². The number of nitrogens with one attached hydrogen (secondary N) is 1. The Labute approximate surface area is 146 Å². The van der Waals surface area contributed by atoms with Crippen LogP contribution in [0.4, 0.5) is 13.2 Å². The smallest absolute Gasteiger partial charge is 0.406 e. The second-order valence-corrected chi connectivity index (χ2v) is 8.22. The summed E-state index contributed by atoms with van der Waals surface area (Å²) in [6.07, 6.45) is -4.26. The average molecular weight is 405 g/mol. The average Bonchev–Trinajstić information content (AvgIpc) is 2.69. The minimum absolute atomic E-state index is 0. The maximum Gasteiger partial charge on any atom is 0.573 e. The third-order valence-corrected chi connectivity index (χ3v) is 5.84. The summed E-state index contributed by atoms with van der Waals surface area (Å²) < 4.78 is 66.0. The Bertz CT molecular complexity index is 859. The summed E-state index contributed by atoms with van der Waals surface area (Å²) in [5, 5.41) is 7.88. The number of alkyl halides is 3. The number of ether oxygens (including phenoxy) is 1. The van der Waals surface area contributed by atoms with E-state index >= 15 is 0 Å². The quantitative estimate of drug-likeness (QED) is 0.802. The number of nitrogens with zero attached hydrogens (tertiary/aromatic N) is 1. The van der Waals surface area contributed by atoms with E-state index in [9.17, 15) is 21.6 Å². The Morgan fingerprint density at radius 1 is 1.29 bits per heavy atom. The molecule has 2 rings (SSSR count). The molecule has 0 saturated carbocycles. The molecule has 0 radical (unpaired) electrons. The standard InChI is InChI=1S/C13H15F3N2O3S2.ClH/c1-2-6-23(19,20)7-5-18-10-4-3-9(21-13(14,15)16)8-11(10)22-12(18)17;/h3-4,8,17H,2,5-7H2,1H3;1H. The number of rotatable bonds is 6. The van der Waals surface area contributed by atoms with Gasteiger partial charge >= 0.3 is 6.36 Å². The van der Waals surface area contributed by atoms with Crippen molar-refractivity contribution in [1.82, 2.24) is 4.57 Å². The molecular formula is C13H16ClF3N2O3S2. The van der Waals surface area contributed by atoms with Crippen LogP contribution < -0.4 is 9.54 Å². The number of sulfone groups is 1. The van der Waals surface area contributed by atoms with Gasteiger partial charge in [0.05, 0.1) is 16.0 Å². The van der Waals surface area contributed by atoms with Gasteiger partial charge in [0, 0.05) is 12.3 Å². The van der Waals surface area contributed by atoms with Gasteiger partial charge in [0.2, 0.25) is 0 Å². The van der Waals surface area contributed by atoms with E-state index in [2.05, 4.69) is 4.74 Å². The van der Waals surface area contributed by atoms with Crippen molar-refractivity contribution in [3.63, 3.8) is 0 Å². The number of benzene rings is 1. The molecule has 1 N–H and O–H groups in total. The van der Waals surface area contributed by atoms with Crippen LogP contribution in [0.1, 0.15) is 13.3 Å². The first-order valence-electron chi connectivity index (χ1n) is 6.75. The molecule has 0 bridgehead atoms. The molecule has 0 atom stereocenters. The molecule has 11 heteroatoms. The van der Waals surface area contributed by atoms with Gasteiger partial charge in [-0.15, -0.1) is 25.6 Å². The second-order valence-electron chi connectivity index (χ2n) is 4.89. The number of hydrogen-bond donors (Lipinski definition) is 1. The van der Waals surface area contributed by atoms with Crippen LogP contribution in [-0.4, -0.2) is 30.9 Å². The summed E-state index contributed by atoms with van der Waals surface area (Å²) in [6, 6.07) is 3.75. The van der Waals surface area contributed by atoms with E-state index in [4.69, 9.17) is 5.41 Å². The van der Waals surface area contributed by atoms with Crippen LogP contribution in [0.25, 0.3) is 10.2 Å². The number of aryl methyl sites for hydroxylation is 1. The first-order valence-corrected chi connectivity index (χ1v) is 9.39. The molecule has 2 aromatic rings. The van der Waals surface area contributed by atoms with E-state index in [0.717, 1.165) is 17.4 Å². The van der Waals surface area contributed by atoms with E-state index < -0.39 is 16.2 Å². The number of thiazole rings is 1. The summed E-state index contributed by atoms with van der Waals surface area (Å²) in [6.45, 7) is 1.86. The number of hydrogen-bond acceptors (Lipinski definition) is 5. The monoisotopic (exact) mass is 404 g/mol. The van der Waals surface area contributed by atoms with Gasteiger partial charge in [0.25, 0.3) is 0 Å². The summed E-state index contributed by atoms with van der Waals surface area (Å²) in [5.41, 5.74) is 0.515. The van der Waals surface area contributed by atoms with Crippen LogP contribution in [-0.2, 0) is 16.4 Å². The Balaban J connectivity index is 0.00000288. The van der Waals surface area contributed by atoms with Gasteiger partial charge < -0.3 is 9.30 Å². The van der Waals surface area contributed by atoms with E-state index in [1.165, 1.54) is 16.7 Å². The van der Waals surface area contributed by atoms with Crippen molar-refractivity contribution in [2.75, 3.05) is 11.5 Å². The predicted octanol–water partition coefficient (Wildman–Crippen LogP) is 3.33. The topological polar surface area (TPSA) is 72.2 Å². The summed E-state index contributed by atoms with van der Waals surface area (Å²) in [4.78, 5) is 0.0795. The van der Waals surface area contributed by atoms with Crippen molar-refractivity contribution >= 4 is 43.8 Å². The molecule has 0 aliphatic rings. The third-order valence-electron chi connectivity index (χ3n) is 3.05. The molecule has 0 unspecified atom stereocenters. The molecule has 5 nitrogen and oxygen atoms in total.